The van der Waals surface area contributed by atoms with E-state index in [0.29, 0.717) is 12.5 Å². The molecule has 4 heteroatoms. The SMILES string of the molecule is CCCCCCCCCC/C=C/CCCCCC1=NC(CO)(CO)CO1. The van der Waals surface area contributed by atoms with Crippen molar-refractivity contribution in [3.63, 3.8) is 0 Å². The number of aliphatic imine (C=N–C) groups is 1. The molecule has 0 aromatic heterocycles. The topological polar surface area (TPSA) is 62.1 Å². The first kappa shape index (κ1) is 23.2. The Morgan fingerprint density at radius 1 is 0.846 bits per heavy atom. The molecule has 0 spiro atoms. The van der Waals surface area contributed by atoms with Crippen molar-refractivity contribution in [2.24, 2.45) is 4.99 Å². The first-order valence-electron chi connectivity index (χ1n) is 10.8. The molecule has 0 fully saturated rings. The maximum Gasteiger partial charge on any atom is 0.184 e. The summed E-state index contributed by atoms with van der Waals surface area (Å²) in [4.78, 5) is 4.34. The van der Waals surface area contributed by atoms with Crippen LogP contribution < -0.4 is 0 Å². The summed E-state index contributed by atoms with van der Waals surface area (Å²) in [5.74, 6) is 0.693. The van der Waals surface area contributed by atoms with Crippen LogP contribution in [0, 0.1) is 0 Å². The van der Waals surface area contributed by atoms with Crippen molar-refractivity contribution in [2.75, 3.05) is 19.8 Å². The third-order valence-corrected chi connectivity index (χ3v) is 5.11. The van der Waals surface area contributed by atoms with Gasteiger partial charge in [0.25, 0.3) is 0 Å². The zero-order valence-electron chi connectivity index (χ0n) is 16.9. The number of hydrogen-bond acceptors (Lipinski definition) is 4. The van der Waals surface area contributed by atoms with Gasteiger partial charge in [0.1, 0.15) is 12.1 Å². The maximum absolute atomic E-state index is 9.28. The van der Waals surface area contributed by atoms with Gasteiger partial charge >= 0.3 is 0 Å². The Kier molecular flexibility index (Phi) is 13.6. The lowest BCUT2D eigenvalue weighted by molar-refractivity contribution is 0.0972. The molecule has 0 aliphatic carbocycles. The minimum atomic E-state index is -0.798. The van der Waals surface area contributed by atoms with Crippen molar-refractivity contribution in [3.05, 3.63) is 12.2 Å². The van der Waals surface area contributed by atoms with Crippen LogP contribution in [0.5, 0.6) is 0 Å². The van der Waals surface area contributed by atoms with E-state index < -0.39 is 5.54 Å². The molecule has 1 aliphatic rings. The molecule has 1 heterocycles. The number of unbranched alkanes of at least 4 members (excludes halogenated alkanes) is 11. The highest BCUT2D eigenvalue weighted by Gasteiger charge is 2.35. The fourth-order valence-electron chi connectivity index (χ4n) is 3.23. The summed E-state index contributed by atoms with van der Waals surface area (Å²) in [5, 5.41) is 18.6. The Balaban J connectivity index is 1.88. The molecular formula is C22H41NO3. The molecule has 0 unspecified atom stereocenters. The molecule has 0 aromatic carbocycles. The van der Waals surface area contributed by atoms with E-state index in [1.165, 1.54) is 64.2 Å². The summed E-state index contributed by atoms with van der Waals surface area (Å²) in [6, 6.07) is 0. The van der Waals surface area contributed by atoms with Gasteiger partial charge in [0.2, 0.25) is 0 Å². The number of hydrogen-bond donors (Lipinski definition) is 2. The highest BCUT2D eigenvalue weighted by molar-refractivity contribution is 5.78. The van der Waals surface area contributed by atoms with Crippen molar-refractivity contribution < 1.29 is 14.9 Å². The highest BCUT2D eigenvalue weighted by atomic mass is 16.5. The standard InChI is InChI=1S/C22H41NO3/c1-2-3-4-5-6-7-8-9-10-11-12-13-14-15-16-17-21-23-22(18-24,19-25)20-26-21/h11-12,24-25H,2-10,13-20H2,1H3/b12-11+. The number of aliphatic hydroxyl groups is 2. The minimum Gasteiger partial charge on any atom is -0.478 e. The Morgan fingerprint density at radius 3 is 1.92 bits per heavy atom. The van der Waals surface area contributed by atoms with Crippen molar-refractivity contribution in [3.8, 4) is 0 Å². The summed E-state index contributed by atoms with van der Waals surface area (Å²) >= 11 is 0. The molecule has 152 valence electrons. The molecule has 0 amide bonds. The van der Waals surface area contributed by atoms with E-state index in [1.807, 2.05) is 0 Å². The summed E-state index contributed by atoms with van der Waals surface area (Å²) < 4.78 is 5.49. The number of nitrogens with zero attached hydrogens (tertiary/aromatic N) is 1. The molecule has 0 saturated heterocycles. The summed E-state index contributed by atoms with van der Waals surface area (Å²) in [5.41, 5.74) is -0.798. The lowest BCUT2D eigenvalue weighted by Crippen LogP contribution is -2.37. The van der Waals surface area contributed by atoms with E-state index in [4.69, 9.17) is 4.74 Å². The average Bonchev–Trinajstić information content (AvgIpc) is 3.09. The third-order valence-electron chi connectivity index (χ3n) is 5.11. The smallest absolute Gasteiger partial charge is 0.184 e. The minimum absolute atomic E-state index is 0.156. The number of allylic oxidation sites excluding steroid dienone is 2. The van der Waals surface area contributed by atoms with Crippen molar-refractivity contribution in [1.82, 2.24) is 0 Å². The Morgan fingerprint density at radius 2 is 1.38 bits per heavy atom. The van der Waals surface area contributed by atoms with Crippen LogP contribution in [-0.4, -0.2) is 41.5 Å². The molecule has 4 nitrogen and oxygen atoms in total. The monoisotopic (exact) mass is 367 g/mol. The van der Waals surface area contributed by atoms with Crippen LogP contribution in [0.1, 0.15) is 96.8 Å². The van der Waals surface area contributed by atoms with Gasteiger partial charge in [0.05, 0.1) is 13.2 Å². The third kappa shape index (κ3) is 10.3. The molecule has 1 aliphatic heterocycles. The molecule has 0 saturated carbocycles. The van der Waals surface area contributed by atoms with Gasteiger partial charge in [-0.1, -0.05) is 70.4 Å². The van der Waals surface area contributed by atoms with Crippen molar-refractivity contribution in [2.45, 2.75) is 102 Å². The molecular weight excluding hydrogens is 326 g/mol. The van der Waals surface area contributed by atoms with Gasteiger partial charge in [-0.05, 0) is 32.1 Å². The Labute approximate surface area is 160 Å². The summed E-state index contributed by atoms with van der Waals surface area (Å²) in [7, 11) is 0. The lowest BCUT2D eigenvalue weighted by atomic mass is 10.1. The van der Waals surface area contributed by atoms with E-state index in [-0.39, 0.29) is 13.2 Å². The van der Waals surface area contributed by atoms with Crippen LogP contribution >= 0.6 is 0 Å². The van der Waals surface area contributed by atoms with Gasteiger partial charge < -0.3 is 14.9 Å². The number of aliphatic hydroxyl groups excluding tert-OH is 2. The first-order valence-corrected chi connectivity index (χ1v) is 10.8. The molecule has 26 heavy (non-hydrogen) atoms. The lowest BCUT2D eigenvalue weighted by Gasteiger charge is -2.16. The molecule has 0 aromatic rings. The summed E-state index contributed by atoms with van der Waals surface area (Å²) in [6.07, 6.45) is 22.4. The van der Waals surface area contributed by atoms with Gasteiger partial charge in [-0.25, -0.2) is 4.99 Å². The predicted molar refractivity (Wildman–Crippen MR) is 110 cm³/mol. The van der Waals surface area contributed by atoms with Crippen molar-refractivity contribution >= 4 is 5.90 Å². The zero-order valence-corrected chi connectivity index (χ0v) is 16.9. The fraction of sp³-hybridized carbons (Fsp3) is 0.864. The molecule has 1 rings (SSSR count). The second-order valence-electron chi connectivity index (χ2n) is 7.67. The van der Waals surface area contributed by atoms with Crippen LogP contribution in [0.2, 0.25) is 0 Å². The second-order valence-corrected chi connectivity index (χ2v) is 7.67. The van der Waals surface area contributed by atoms with Crippen LogP contribution in [-0.2, 0) is 4.74 Å². The van der Waals surface area contributed by atoms with Gasteiger partial charge in [0.15, 0.2) is 5.90 Å². The normalized spacial score (nSPS) is 16.2. The average molecular weight is 368 g/mol. The molecule has 0 radical (unpaired) electrons. The van der Waals surface area contributed by atoms with Gasteiger partial charge in [-0.15, -0.1) is 0 Å². The van der Waals surface area contributed by atoms with Crippen LogP contribution in [0.4, 0.5) is 0 Å². The molecule has 0 bridgehead atoms. The van der Waals surface area contributed by atoms with E-state index in [2.05, 4.69) is 24.1 Å². The Hall–Kier alpha value is -0.870. The molecule has 0 atom stereocenters. The van der Waals surface area contributed by atoms with E-state index >= 15 is 0 Å². The van der Waals surface area contributed by atoms with E-state index in [9.17, 15) is 10.2 Å². The van der Waals surface area contributed by atoms with E-state index in [0.717, 1.165) is 25.7 Å². The van der Waals surface area contributed by atoms with E-state index in [1.54, 1.807) is 0 Å². The van der Waals surface area contributed by atoms with Crippen LogP contribution in [0.25, 0.3) is 0 Å². The van der Waals surface area contributed by atoms with Gasteiger partial charge in [0, 0.05) is 6.42 Å². The number of ether oxygens (including phenoxy) is 1. The molecule has 2 N–H and O–H groups in total. The quantitative estimate of drug-likeness (QED) is 0.275. The largest absolute Gasteiger partial charge is 0.478 e. The maximum atomic E-state index is 9.28. The Bertz CT molecular complexity index is 389. The zero-order chi connectivity index (χ0) is 18.9. The first-order chi connectivity index (χ1) is 12.8. The second kappa shape index (κ2) is 15.2. The van der Waals surface area contributed by atoms with Gasteiger partial charge in [-0.2, -0.15) is 0 Å². The highest BCUT2D eigenvalue weighted by Crippen LogP contribution is 2.20. The fourth-order valence-corrected chi connectivity index (χ4v) is 3.23. The van der Waals surface area contributed by atoms with Crippen LogP contribution in [0.3, 0.4) is 0 Å². The van der Waals surface area contributed by atoms with Gasteiger partial charge in [-0.3, -0.25) is 0 Å². The summed E-state index contributed by atoms with van der Waals surface area (Å²) in [6.45, 7) is 2.26. The number of rotatable bonds is 17. The van der Waals surface area contributed by atoms with Crippen molar-refractivity contribution in [1.29, 1.82) is 0 Å². The van der Waals surface area contributed by atoms with Crippen LogP contribution in [0.15, 0.2) is 17.1 Å². The predicted octanol–water partition coefficient (Wildman–Crippen LogP) is 5.18.